The second-order valence-electron chi connectivity index (χ2n) is 6.10. The highest BCUT2D eigenvalue weighted by molar-refractivity contribution is 5.95. The zero-order valence-corrected chi connectivity index (χ0v) is 14.3. The van der Waals surface area contributed by atoms with E-state index in [0.29, 0.717) is 37.8 Å². The fourth-order valence-electron chi connectivity index (χ4n) is 3.02. The van der Waals surface area contributed by atoms with E-state index in [2.05, 4.69) is 15.2 Å². The van der Waals surface area contributed by atoms with E-state index in [1.54, 1.807) is 23.3 Å². The van der Waals surface area contributed by atoms with Gasteiger partial charge >= 0.3 is 0 Å². The topological polar surface area (TPSA) is 67.2 Å². The number of amides is 1. The first-order valence-corrected chi connectivity index (χ1v) is 8.44. The molecule has 3 heterocycles. The smallest absolute Gasteiger partial charge is 0.259 e. The van der Waals surface area contributed by atoms with Crippen molar-refractivity contribution in [3.05, 3.63) is 66.3 Å². The van der Waals surface area contributed by atoms with Gasteiger partial charge in [0.2, 0.25) is 0 Å². The molecule has 0 bridgehead atoms. The van der Waals surface area contributed by atoms with E-state index in [-0.39, 0.29) is 0 Å². The van der Waals surface area contributed by atoms with Crippen LogP contribution in [0.4, 0.5) is 14.6 Å². The van der Waals surface area contributed by atoms with Gasteiger partial charge in [-0.05, 0) is 24.3 Å². The van der Waals surface area contributed by atoms with Crippen LogP contribution in [0.25, 0.3) is 5.82 Å². The van der Waals surface area contributed by atoms with Crippen molar-refractivity contribution in [1.82, 2.24) is 24.6 Å². The van der Waals surface area contributed by atoms with Crippen LogP contribution in [0.5, 0.6) is 0 Å². The van der Waals surface area contributed by atoms with Crippen LogP contribution >= 0.6 is 0 Å². The standard InChI is InChI=1S/C18H16F2N6O/c19-13-2-1-3-14(20)17(13)18(27)25-10-8-24(9-11-25)15-4-5-16(23-22-15)26-7-6-21-12-26/h1-7,12H,8-11H2. The summed E-state index contributed by atoms with van der Waals surface area (Å²) in [4.78, 5) is 19.8. The molecule has 0 N–H and O–H groups in total. The molecule has 0 aliphatic carbocycles. The lowest BCUT2D eigenvalue weighted by molar-refractivity contribution is 0.0736. The Balaban J connectivity index is 1.42. The summed E-state index contributed by atoms with van der Waals surface area (Å²) < 4.78 is 29.4. The summed E-state index contributed by atoms with van der Waals surface area (Å²) in [5.74, 6) is -0.985. The number of anilines is 1. The van der Waals surface area contributed by atoms with Gasteiger partial charge in [0.15, 0.2) is 11.6 Å². The van der Waals surface area contributed by atoms with Crippen LogP contribution < -0.4 is 4.90 Å². The van der Waals surface area contributed by atoms with Crippen molar-refractivity contribution in [2.45, 2.75) is 0 Å². The molecule has 1 saturated heterocycles. The van der Waals surface area contributed by atoms with E-state index >= 15 is 0 Å². The molecular weight excluding hydrogens is 354 g/mol. The van der Waals surface area contributed by atoms with Crippen molar-refractivity contribution in [1.29, 1.82) is 0 Å². The highest BCUT2D eigenvalue weighted by Crippen LogP contribution is 2.18. The Bertz CT molecular complexity index is 917. The Hall–Kier alpha value is -3.36. The van der Waals surface area contributed by atoms with E-state index in [0.717, 1.165) is 12.1 Å². The van der Waals surface area contributed by atoms with Crippen molar-refractivity contribution in [3.8, 4) is 5.82 Å². The lowest BCUT2D eigenvalue weighted by Gasteiger charge is -2.35. The summed E-state index contributed by atoms with van der Waals surface area (Å²) in [7, 11) is 0. The number of piperazine rings is 1. The molecule has 1 aliphatic rings. The number of benzene rings is 1. The van der Waals surface area contributed by atoms with Gasteiger partial charge in [0.05, 0.1) is 0 Å². The lowest BCUT2D eigenvalue weighted by atomic mass is 10.1. The number of hydrogen-bond acceptors (Lipinski definition) is 5. The highest BCUT2D eigenvalue weighted by Gasteiger charge is 2.27. The molecule has 1 fully saturated rings. The van der Waals surface area contributed by atoms with Crippen LogP contribution in [0.1, 0.15) is 10.4 Å². The summed E-state index contributed by atoms with van der Waals surface area (Å²) in [6, 6.07) is 7.09. The van der Waals surface area contributed by atoms with Crippen molar-refractivity contribution >= 4 is 11.7 Å². The zero-order chi connectivity index (χ0) is 18.8. The van der Waals surface area contributed by atoms with Gasteiger partial charge in [0, 0.05) is 38.6 Å². The first-order chi connectivity index (χ1) is 13.1. The minimum absolute atomic E-state index is 0.345. The predicted octanol–water partition coefficient (Wildman–Crippen LogP) is 1.90. The molecule has 9 heteroatoms. The fourth-order valence-corrected chi connectivity index (χ4v) is 3.02. The number of hydrogen-bond donors (Lipinski definition) is 0. The Morgan fingerprint density at radius 2 is 1.59 bits per heavy atom. The van der Waals surface area contributed by atoms with Gasteiger partial charge in [-0.3, -0.25) is 9.36 Å². The summed E-state index contributed by atoms with van der Waals surface area (Å²) >= 11 is 0. The SMILES string of the molecule is O=C(c1c(F)cccc1F)N1CCN(c2ccc(-n3ccnc3)nn2)CC1. The summed E-state index contributed by atoms with van der Waals surface area (Å²) in [5.41, 5.74) is -0.504. The summed E-state index contributed by atoms with van der Waals surface area (Å²) in [5, 5.41) is 8.39. The molecule has 2 aromatic heterocycles. The molecule has 1 aromatic carbocycles. The maximum Gasteiger partial charge on any atom is 0.259 e. The average Bonchev–Trinajstić information content (AvgIpc) is 3.23. The predicted molar refractivity (Wildman–Crippen MR) is 93.6 cm³/mol. The van der Waals surface area contributed by atoms with Crippen LogP contribution in [-0.2, 0) is 0 Å². The number of carbonyl (C=O) groups excluding carboxylic acids is 1. The Labute approximate surface area is 153 Å². The third kappa shape index (κ3) is 3.35. The third-order valence-electron chi connectivity index (χ3n) is 4.47. The van der Waals surface area contributed by atoms with E-state index in [9.17, 15) is 13.6 Å². The van der Waals surface area contributed by atoms with Crippen molar-refractivity contribution in [2.24, 2.45) is 0 Å². The maximum absolute atomic E-state index is 13.8. The van der Waals surface area contributed by atoms with Gasteiger partial charge in [0.25, 0.3) is 5.91 Å². The quantitative estimate of drug-likeness (QED) is 0.705. The van der Waals surface area contributed by atoms with Gasteiger partial charge in [-0.15, -0.1) is 10.2 Å². The van der Waals surface area contributed by atoms with Gasteiger partial charge in [0.1, 0.15) is 23.5 Å². The van der Waals surface area contributed by atoms with Crippen molar-refractivity contribution in [3.63, 3.8) is 0 Å². The third-order valence-corrected chi connectivity index (χ3v) is 4.47. The van der Waals surface area contributed by atoms with E-state index in [4.69, 9.17) is 0 Å². The average molecular weight is 370 g/mol. The summed E-state index contributed by atoms with van der Waals surface area (Å²) in [6.07, 6.45) is 5.07. The molecule has 27 heavy (non-hydrogen) atoms. The van der Waals surface area contributed by atoms with Crippen LogP contribution in [0.3, 0.4) is 0 Å². The van der Waals surface area contributed by atoms with Crippen molar-refractivity contribution < 1.29 is 13.6 Å². The van der Waals surface area contributed by atoms with Crippen LogP contribution in [0.2, 0.25) is 0 Å². The Morgan fingerprint density at radius 1 is 0.926 bits per heavy atom. The molecule has 0 unspecified atom stereocenters. The van der Waals surface area contributed by atoms with Crippen LogP contribution in [0, 0.1) is 11.6 Å². The molecular formula is C18H16F2N6O. The van der Waals surface area contributed by atoms with Crippen LogP contribution in [-0.4, -0.2) is 56.7 Å². The highest BCUT2D eigenvalue weighted by atomic mass is 19.1. The minimum Gasteiger partial charge on any atom is -0.352 e. The molecule has 1 amide bonds. The Kier molecular flexibility index (Phi) is 4.49. The number of rotatable bonds is 3. The first kappa shape index (κ1) is 17.1. The minimum atomic E-state index is -0.844. The molecule has 0 spiro atoms. The molecule has 3 aromatic rings. The molecule has 4 rings (SSSR count). The lowest BCUT2D eigenvalue weighted by Crippen LogP contribution is -2.49. The normalized spacial score (nSPS) is 14.4. The molecule has 1 aliphatic heterocycles. The van der Waals surface area contributed by atoms with Gasteiger partial charge < -0.3 is 9.80 Å². The van der Waals surface area contributed by atoms with E-state index < -0.39 is 23.1 Å². The van der Waals surface area contributed by atoms with Crippen LogP contribution in [0.15, 0.2) is 49.1 Å². The fraction of sp³-hybridized carbons (Fsp3) is 0.222. The monoisotopic (exact) mass is 370 g/mol. The van der Waals surface area contributed by atoms with Gasteiger partial charge in [-0.25, -0.2) is 13.8 Å². The van der Waals surface area contributed by atoms with Gasteiger partial charge in [-0.1, -0.05) is 6.07 Å². The largest absolute Gasteiger partial charge is 0.352 e. The van der Waals surface area contributed by atoms with E-state index in [1.165, 1.54) is 11.0 Å². The maximum atomic E-state index is 13.8. The molecule has 0 atom stereocenters. The first-order valence-electron chi connectivity index (χ1n) is 8.44. The molecule has 0 radical (unpaired) electrons. The molecule has 7 nitrogen and oxygen atoms in total. The second-order valence-corrected chi connectivity index (χ2v) is 6.10. The van der Waals surface area contributed by atoms with Gasteiger partial charge in [-0.2, -0.15) is 0 Å². The number of aromatic nitrogens is 4. The molecule has 0 saturated carbocycles. The summed E-state index contributed by atoms with van der Waals surface area (Å²) in [6.45, 7) is 1.69. The Morgan fingerprint density at radius 3 is 2.19 bits per heavy atom. The number of carbonyl (C=O) groups is 1. The number of nitrogens with zero attached hydrogens (tertiary/aromatic N) is 6. The van der Waals surface area contributed by atoms with Crippen molar-refractivity contribution in [2.75, 3.05) is 31.1 Å². The second kappa shape index (κ2) is 7.10. The zero-order valence-electron chi connectivity index (χ0n) is 14.3. The molecule has 138 valence electrons. The number of halogens is 2. The number of imidazole rings is 1. The van der Waals surface area contributed by atoms with E-state index in [1.807, 2.05) is 17.0 Å².